The molecule has 0 spiro atoms. The molecule has 12 nitrogen and oxygen atoms in total. The monoisotopic (exact) mass is 564 g/mol. The lowest BCUT2D eigenvalue weighted by molar-refractivity contribution is -0.164. The Labute approximate surface area is 232 Å². The van der Waals surface area contributed by atoms with Crippen LogP contribution >= 0.6 is 0 Å². The van der Waals surface area contributed by atoms with E-state index in [1.807, 2.05) is 12.1 Å². The first-order valence-corrected chi connectivity index (χ1v) is 13.3. The molecule has 6 aliphatic rings. The number of Topliss-reactive ketones (excluding diaryl/α,β-unsaturated/α-hetero) is 1. The molecule has 2 aliphatic carbocycles. The van der Waals surface area contributed by atoms with Crippen LogP contribution in [0.3, 0.4) is 0 Å². The molecule has 0 radical (unpaired) electrons. The molecule has 7 unspecified atom stereocenters. The van der Waals surface area contributed by atoms with Crippen LogP contribution in [0.15, 0.2) is 35.9 Å². The van der Waals surface area contributed by atoms with Gasteiger partial charge in [0, 0.05) is 6.61 Å². The number of ether oxygens (including phenoxy) is 4. The molecule has 7 rings (SSSR count). The number of carbonyl (C=O) groups is 8. The Balaban J connectivity index is 0.000000149. The first kappa shape index (κ1) is 26.9. The SMILES string of the molecule is CC1=CC(=O)C(=O)C2(C3CCCO3)C(=O)OC(=O)C12.O=C1CC(C2CC3C(=O)OC(=O)C3c3ccccc32)C(=O)O1. The predicted octanol–water partition coefficient (Wildman–Crippen LogP) is 0.996. The zero-order valence-corrected chi connectivity index (χ0v) is 21.8. The highest BCUT2D eigenvalue weighted by Crippen LogP contribution is 2.52. The van der Waals surface area contributed by atoms with Crippen molar-refractivity contribution < 1.29 is 57.3 Å². The molecule has 212 valence electrons. The van der Waals surface area contributed by atoms with Crippen molar-refractivity contribution in [2.75, 3.05) is 6.61 Å². The summed E-state index contributed by atoms with van der Waals surface area (Å²) in [5.74, 6) is -8.67. The van der Waals surface area contributed by atoms with Crippen LogP contribution in [-0.2, 0) is 57.3 Å². The first-order valence-electron chi connectivity index (χ1n) is 13.3. The van der Waals surface area contributed by atoms with Crippen molar-refractivity contribution in [2.45, 2.75) is 50.5 Å². The lowest BCUT2D eigenvalue weighted by atomic mass is 9.62. The van der Waals surface area contributed by atoms with Gasteiger partial charge in [-0.25, -0.2) is 0 Å². The summed E-state index contributed by atoms with van der Waals surface area (Å²) in [6, 6.07) is 7.21. The normalized spacial score (nSPS) is 35.6. The zero-order valence-electron chi connectivity index (χ0n) is 21.8. The van der Waals surface area contributed by atoms with Crippen LogP contribution in [0.1, 0.15) is 55.6 Å². The summed E-state index contributed by atoms with van der Waals surface area (Å²) in [4.78, 5) is 95.1. The Hall–Kier alpha value is -4.32. The number of carbonyl (C=O) groups excluding carboxylic acids is 8. The Kier molecular flexibility index (Phi) is 6.33. The molecule has 4 fully saturated rings. The fourth-order valence-corrected chi connectivity index (χ4v) is 7.09. The fraction of sp³-hybridized carbons (Fsp3) is 0.448. The van der Waals surface area contributed by atoms with Crippen molar-refractivity contribution in [2.24, 2.45) is 23.2 Å². The Morgan fingerprint density at radius 1 is 0.780 bits per heavy atom. The van der Waals surface area contributed by atoms with Gasteiger partial charge in [-0.3, -0.25) is 38.4 Å². The molecular weight excluding hydrogens is 540 g/mol. The van der Waals surface area contributed by atoms with Gasteiger partial charge >= 0.3 is 35.8 Å². The van der Waals surface area contributed by atoms with Gasteiger partial charge < -0.3 is 18.9 Å². The van der Waals surface area contributed by atoms with Crippen LogP contribution in [0.4, 0.5) is 0 Å². The summed E-state index contributed by atoms with van der Waals surface area (Å²) < 4.78 is 19.5. The molecule has 0 N–H and O–H groups in total. The minimum Gasteiger partial charge on any atom is -0.393 e. The van der Waals surface area contributed by atoms with E-state index in [-0.39, 0.29) is 12.3 Å². The molecule has 1 aromatic carbocycles. The highest BCUT2D eigenvalue weighted by Gasteiger charge is 2.70. The van der Waals surface area contributed by atoms with Crippen LogP contribution < -0.4 is 0 Å². The molecule has 0 saturated carbocycles. The van der Waals surface area contributed by atoms with Crippen LogP contribution in [0, 0.1) is 23.2 Å². The van der Waals surface area contributed by atoms with E-state index >= 15 is 0 Å². The smallest absolute Gasteiger partial charge is 0.331 e. The summed E-state index contributed by atoms with van der Waals surface area (Å²) >= 11 is 0. The topological polar surface area (TPSA) is 173 Å². The van der Waals surface area contributed by atoms with Gasteiger partial charge in [0.05, 0.1) is 30.3 Å². The van der Waals surface area contributed by atoms with E-state index in [1.165, 1.54) is 0 Å². The maximum Gasteiger partial charge on any atom is 0.331 e. The number of allylic oxidation sites excluding steroid dienone is 1. The van der Waals surface area contributed by atoms with E-state index in [9.17, 15) is 38.4 Å². The number of fused-ring (bicyclic) bond motifs is 4. The van der Waals surface area contributed by atoms with Crippen LogP contribution in [0.5, 0.6) is 0 Å². The highest BCUT2D eigenvalue weighted by molar-refractivity contribution is 6.49. The van der Waals surface area contributed by atoms with Gasteiger partial charge in [0.1, 0.15) is 5.92 Å². The van der Waals surface area contributed by atoms with Gasteiger partial charge in [0.2, 0.25) is 11.6 Å². The second-order valence-electron chi connectivity index (χ2n) is 11.0. The van der Waals surface area contributed by atoms with Gasteiger partial charge in [0.25, 0.3) is 0 Å². The van der Waals surface area contributed by atoms with Crippen LogP contribution in [0.25, 0.3) is 0 Å². The standard InChI is InChI=1S/C16H12O6.C13H12O6/c17-12-6-10(14(18)21-12)9-5-11-13(16(20)22-15(11)19)8-4-2-1-3-7(8)9;1-6-5-7(14)10(15)13(8-3-2-4-18-8)9(6)11(16)19-12(13)17/h1-4,9-11,13H,5-6H2;5,8-9H,2-4H2,1H3. The molecule has 7 atom stereocenters. The van der Waals surface area contributed by atoms with E-state index in [1.54, 1.807) is 19.1 Å². The van der Waals surface area contributed by atoms with E-state index in [2.05, 4.69) is 9.47 Å². The van der Waals surface area contributed by atoms with Gasteiger partial charge in [-0.15, -0.1) is 0 Å². The number of hydrogen-bond acceptors (Lipinski definition) is 12. The third kappa shape index (κ3) is 3.91. The second-order valence-corrected chi connectivity index (χ2v) is 11.0. The summed E-state index contributed by atoms with van der Waals surface area (Å²) in [6.45, 7) is 1.96. The van der Waals surface area contributed by atoms with E-state index in [0.717, 1.165) is 11.6 Å². The minimum absolute atomic E-state index is 0.0121. The van der Waals surface area contributed by atoms with E-state index < -0.39 is 82.6 Å². The number of hydrogen-bond donors (Lipinski definition) is 0. The summed E-state index contributed by atoms with van der Waals surface area (Å²) in [5.41, 5.74) is 0.137. The van der Waals surface area contributed by atoms with Crippen LogP contribution in [0.2, 0.25) is 0 Å². The molecule has 12 heteroatoms. The van der Waals surface area contributed by atoms with Crippen molar-refractivity contribution in [1.82, 2.24) is 0 Å². The zero-order chi connectivity index (χ0) is 29.2. The van der Waals surface area contributed by atoms with Crippen molar-refractivity contribution in [3.63, 3.8) is 0 Å². The van der Waals surface area contributed by atoms with Crippen molar-refractivity contribution >= 4 is 47.4 Å². The van der Waals surface area contributed by atoms with Crippen LogP contribution in [-0.4, -0.2) is 60.1 Å². The third-order valence-electron chi connectivity index (χ3n) is 8.86. The molecular formula is C29H24O12. The molecule has 4 saturated heterocycles. The van der Waals surface area contributed by atoms with Gasteiger partial charge in [-0.05, 0) is 49.3 Å². The highest BCUT2D eigenvalue weighted by atomic mass is 16.6. The van der Waals surface area contributed by atoms with Crippen molar-refractivity contribution in [3.8, 4) is 0 Å². The largest absolute Gasteiger partial charge is 0.393 e. The summed E-state index contributed by atoms with van der Waals surface area (Å²) in [7, 11) is 0. The Morgan fingerprint density at radius 2 is 1.49 bits per heavy atom. The summed E-state index contributed by atoms with van der Waals surface area (Å²) in [5, 5.41) is 0. The first-order chi connectivity index (χ1) is 19.5. The van der Waals surface area contributed by atoms with Gasteiger partial charge in [-0.2, -0.15) is 0 Å². The molecule has 0 amide bonds. The third-order valence-corrected chi connectivity index (χ3v) is 8.86. The maximum absolute atomic E-state index is 12.3. The molecule has 4 heterocycles. The minimum atomic E-state index is -1.79. The Morgan fingerprint density at radius 3 is 2.15 bits per heavy atom. The summed E-state index contributed by atoms with van der Waals surface area (Å²) in [6.07, 6.45) is 1.84. The van der Waals surface area contributed by atoms with Crippen molar-refractivity contribution in [3.05, 3.63) is 47.0 Å². The maximum atomic E-state index is 12.3. The lowest BCUT2D eigenvalue weighted by Gasteiger charge is -2.34. The second kappa shape index (κ2) is 9.65. The molecule has 41 heavy (non-hydrogen) atoms. The van der Waals surface area contributed by atoms with Gasteiger partial charge in [0.15, 0.2) is 5.41 Å². The average Bonchev–Trinajstić information content (AvgIpc) is 3.69. The number of ketones is 2. The fourth-order valence-electron chi connectivity index (χ4n) is 7.09. The number of rotatable bonds is 2. The Bertz CT molecular complexity index is 1480. The number of cyclic esters (lactones) is 6. The number of esters is 6. The number of benzene rings is 1. The van der Waals surface area contributed by atoms with Crippen molar-refractivity contribution in [1.29, 1.82) is 0 Å². The molecule has 0 bridgehead atoms. The molecule has 0 aromatic heterocycles. The average molecular weight is 564 g/mol. The molecule has 4 aliphatic heterocycles. The van der Waals surface area contributed by atoms with E-state index in [4.69, 9.17) is 9.47 Å². The lowest BCUT2D eigenvalue weighted by Crippen LogP contribution is -2.55. The van der Waals surface area contributed by atoms with E-state index in [0.29, 0.717) is 37.0 Å². The quantitative estimate of drug-likeness (QED) is 0.216. The van der Waals surface area contributed by atoms with Gasteiger partial charge in [-0.1, -0.05) is 29.8 Å². The predicted molar refractivity (Wildman–Crippen MR) is 130 cm³/mol. The molecule has 1 aromatic rings.